The van der Waals surface area contributed by atoms with Crippen LogP contribution in [0.5, 0.6) is 5.75 Å². The first-order valence-corrected chi connectivity index (χ1v) is 8.64. The normalized spacial score (nSPS) is 10.4. The zero-order valence-electron chi connectivity index (χ0n) is 15.3. The summed E-state index contributed by atoms with van der Waals surface area (Å²) in [5.74, 6) is 0.780. The number of para-hydroxylation sites is 1. The fraction of sp³-hybridized carbons (Fsp3) is 0.190. The maximum Gasteiger partial charge on any atom is 0.264 e. The topological polar surface area (TPSA) is 75.3 Å². The molecule has 1 amide bonds. The molecule has 1 N–H and O–H groups in total. The van der Waals surface area contributed by atoms with Crippen LogP contribution >= 0.6 is 0 Å². The standard InChI is InChI=1S/C21H21N3O3/c1-15-8-10-16(11-9-15)19-22-14-18(20(25)23-19)21(26)24(2)12-13-27-17-6-4-3-5-7-17/h3-11,14H,12-13H2,1-2H3,(H,22,23,25). The summed E-state index contributed by atoms with van der Waals surface area (Å²) in [6.45, 7) is 2.67. The van der Waals surface area contributed by atoms with Crippen molar-refractivity contribution in [3.63, 3.8) is 0 Å². The SMILES string of the molecule is Cc1ccc(-c2ncc(C(=O)N(C)CCOc3ccccc3)c(=O)[nH]2)cc1. The van der Waals surface area contributed by atoms with Crippen molar-refractivity contribution in [2.45, 2.75) is 6.92 Å². The van der Waals surface area contributed by atoms with Gasteiger partial charge in [0.2, 0.25) is 0 Å². The third kappa shape index (κ3) is 4.61. The Morgan fingerprint density at radius 2 is 1.81 bits per heavy atom. The molecule has 27 heavy (non-hydrogen) atoms. The van der Waals surface area contributed by atoms with Gasteiger partial charge < -0.3 is 14.6 Å². The van der Waals surface area contributed by atoms with Crippen LogP contribution in [0, 0.1) is 6.92 Å². The fourth-order valence-corrected chi connectivity index (χ4v) is 2.53. The molecule has 0 unspecified atom stereocenters. The van der Waals surface area contributed by atoms with Crippen molar-refractivity contribution in [3.8, 4) is 17.1 Å². The first-order valence-electron chi connectivity index (χ1n) is 8.64. The Kier molecular flexibility index (Phi) is 5.66. The number of H-pyrrole nitrogens is 1. The highest BCUT2D eigenvalue weighted by Crippen LogP contribution is 2.14. The highest BCUT2D eigenvalue weighted by Gasteiger charge is 2.17. The number of aromatic nitrogens is 2. The summed E-state index contributed by atoms with van der Waals surface area (Å²) >= 11 is 0. The number of carbonyl (C=O) groups excluding carboxylic acids is 1. The van der Waals surface area contributed by atoms with Crippen molar-refractivity contribution in [2.24, 2.45) is 0 Å². The maximum atomic E-state index is 12.5. The molecule has 0 saturated heterocycles. The van der Waals surface area contributed by atoms with Crippen LogP contribution in [-0.4, -0.2) is 41.0 Å². The van der Waals surface area contributed by atoms with E-state index in [4.69, 9.17) is 4.74 Å². The Bertz CT molecular complexity index is 966. The number of carbonyl (C=O) groups is 1. The van der Waals surface area contributed by atoms with Crippen molar-refractivity contribution < 1.29 is 9.53 Å². The maximum absolute atomic E-state index is 12.5. The van der Waals surface area contributed by atoms with Gasteiger partial charge in [-0.2, -0.15) is 0 Å². The Morgan fingerprint density at radius 1 is 1.11 bits per heavy atom. The molecule has 0 atom stereocenters. The minimum Gasteiger partial charge on any atom is -0.492 e. The van der Waals surface area contributed by atoms with Crippen LogP contribution in [0.15, 0.2) is 65.6 Å². The lowest BCUT2D eigenvalue weighted by molar-refractivity contribution is 0.0771. The van der Waals surface area contributed by atoms with Gasteiger partial charge in [-0.25, -0.2) is 4.98 Å². The number of nitrogens with zero attached hydrogens (tertiary/aromatic N) is 2. The smallest absolute Gasteiger partial charge is 0.264 e. The molecule has 0 aliphatic carbocycles. The molecule has 6 nitrogen and oxygen atoms in total. The van der Waals surface area contributed by atoms with E-state index >= 15 is 0 Å². The van der Waals surface area contributed by atoms with E-state index in [9.17, 15) is 9.59 Å². The van der Waals surface area contributed by atoms with Gasteiger partial charge in [-0.05, 0) is 19.1 Å². The Labute approximate surface area is 157 Å². The number of amides is 1. The second-order valence-electron chi connectivity index (χ2n) is 6.23. The zero-order valence-corrected chi connectivity index (χ0v) is 15.3. The predicted molar refractivity (Wildman–Crippen MR) is 104 cm³/mol. The Balaban J connectivity index is 1.65. The molecular formula is C21H21N3O3. The van der Waals surface area contributed by atoms with Crippen LogP contribution in [-0.2, 0) is 0 Å². The molecule has 0 bridgehead atoms. The summed E-state index contributed by atoms with van der Waals surface area (Å²) in [5, 5.41) is 0. The molecule has 1 heterocycles. The van der Waals surface area contributed by atoms with E-state index in [0.717, 1.165) is 16.9 Å². The van der Waals surface area contributed by atoms with E-state index in [-0.39, 0.29) is 5.56 Å². The fourth-order valence-electron chi connectivity index (χ4n) is 2.53. The van der Waals surface area contributed by atoms with Crippen molar-refractivity contribution in [1.29, 1.82) is 0 Å². The van der Waals surface area contributed by atoms with Crippen LogP contribution in [0.25, 0.3) is 11.4 Å². The third-order valence-corrected chi connectivity index (χ3v) is 4.14. The molecule has 0 aliphatic heterocycles. The Hall–Kier alpha value is -3.41. The van der Waals surface area contributed by atoms with Crippen molar-refractivity contribution in [1.82, 2.24) is 14.9 Å². The molecule has 0 radical (unpaired) electrons. The average Bonchev–Trinajstić information content (AvgIpc) is 2.68. The molecule has 2 aromatic carbocycles. The van der Waals surface area contributed by atoms with Gasteiger partial charge in [-0.15, -0.1) is 0 Å². The predicted octanol–water partition coefficient (Wildman–Crippen LogP) is 2.90. The first-order chi connectivity index (χ1) is 13.0. The molecule has 3 rings (SSSR count). The molecule has 0 spiro atoms. The van der Waals surface area contributed by atoms with E-state index in [2.05, 4.69) is 9.97 Å². The van der Waals surface area contributed by atoms with Crippen LogP contribution in [0.1, 0.15) is 15.9 Å². The van der Waals surface area contributed by atoms with Crippen molar-refractivity contribution in [3.05, 3.63) is 82.3 Å². The minimum absolute atomic E-state index is 0.00747. The number of rotatable bonds is 6. The number of benzene rings is 2. The lowest BCUT2D eigenvalue weighted by atomic mass is 10.1. The van der Waals surface area contributed by atoms with E-state index < -0.39 is 11.5 Å². The van der Waals surface area contributed by atoms with E-state index in [1.165, 1.54) is 11.1 Å². The number of hydrogen-bond donors (Lipinski definition) is 1. The quantitative estimate of drug-likeness (QED) is 0.731. The van der Waals surface area contributed by atoms with Crippen molar-refractivity contribution >= 4 is 5.91 Å². The zero-order chi connectivity index (χ0) is 19.2. The van der Waals surface area contributed by atoms with Crippen LogP contribution in [0.3, 0.4) is 0 Å². The molecule has 0 saturated carbocycles. The summed E-state index contributed by atoms with van der Waals surface area (Å²) in [4.78, 5) is 33.2. The van der Waals surface area contributed by atoms with Crippen LogP contribution in [0.2, 0.25) is 0 Å². The van der Waals surface area contributed by atoms with Gasteiger partial charge in [0, 0.05) is 18.8 Å². The molecule has 6 heteroatoms. The van der Waals surface area contributed by atoms with Gasteiger partial charge in [0.1, 0.15) is 23.7 Å². The third-order valence-electron chi connectivity index (χ3n) is 4.14. The van der Waals surface area contributed by atoms with Crippen molar-refractivity contribution in [2.75, 3.05) is 20.2 Å². The van der Waals surface area contributed by atoms with Crippen LogP contribution < -0.4 is 10.3 Å². The van der Waals surface area contributed by atoms with Gasteiger partial charge in [0.15, 0.2) is 0 Å². The van der Waals surface area contributed by atoms with Gasteiger partial charge in [-0.3, -0.25) is 9.59 Å². The molecular weight excluding hydrogens is 342 g/mol. The molecule has 0 aliphatic rings. The second-order valence-corrected chi connectivity index (χ2v) is 6.23. The first kappa shape index (κ1) is 18.4. The van der Waals surface area contributed by atoms with Gasteiger partial charge in [0.25, 0.3) is 11.5 Å². The molecule has 3 aromatic rings. The number of hydrogen-bond acceptors (Lipinski definition) is 4. The second kappa shape index (κ2) is 8.31. The lowest BCUT2D eigenvalue weighted by Gasteiger charge is -2.17. The highest BCUT2D eigenvalue weighted by molar-refractivity contribution is 5.93. The largest absolute Gasteiger partial charge is 0.492 e. The van der Waals surface area contributed by atoms with Gasteiger partial charge in [0.05, 0.1) is 6.54 Å². The number of likely N-dealkylation sites (N-methyl/N-ethyl adjacent to an activating group) is 1. The summed E-state index contributed by atoms with van der Waals surface area (Å²) in [6.07, 6.45) is 1.32. The molecule has 1 aromatic heterocycles. The summed E-state index contributed by atoms with van der Waals surface area (Å²) < 4.78 is 5.58. The molecule has 138 valence electrons. The number of ether oxygens (including phenoxy) is 1. The average molecular weight is 363 g/mol. The number of aromatic amines is 1. The van der Waals surface area contributed by atoms with Crippen LogP contribution in [0.4, 0.5) is 0 Å². The minimum atomic E-state index is -0.457. The summed E-state index contributed by atoms with van der Waals surface area (Å²) in [5.41, 5.74) is 1.46. The van der Waals surface area contributed by atoms with E-state index in [0.29, 0.717) is 19.0 Å². The number of aryl methyl sites for hydroxylation is 1. The summed E-state index contributed by atoms with van der Waals surface area (Å²) in [6, 6.07) is 17.0. The van der Waals surface area contributed by atoms with Gasteiger partial charge >= 0.3 is 0 Å². The van der Waals surface area contributed by atoms with E-state index in [1.54, 1.807) is 7.05 Å². The molecule has 0 fully saturated rings. The lowest BCUT2D eigenvalue weighted by Crippen LogP contribution is -2.34. The monoisotopic (exact) mass is 363 g/mol. The Morgan fingerprint density at radius 3 is 2.48 bits per heavy atom. The highest BCUT2D eigenvalue weighted by atomic mass is 16.5. The van der Waals surface area contributed by atoms with Gasteiger partial charge in [-0.1, -0.05) is 48.0 Å². The summed E-state index contributed by atoms with van der Waals surface area (Å²) in [7, 11) is 1.63. The van der Waals surface area contributed by atoms with E-state index in [1.807, 2.05) is 61.5 Å². The number of nitrogens with one attached hydrogen (secondary N) is 1.